The monoisotopic (exact) mass is 263 g/mol. The van der Waals surface area contributed by atoms with E-state index in [-0.39, 0.29) is 0 Å². The van der Waals surface area contributed by atoms with Crippen LogP contribution in [0.1, 0.15) is 26.7 Å². The highest BCUT2D eigenvalue weighted by Crippen LogP contribution is 2.12. The second kappa shape index (κ2) is 7.28. The van der Waals surface area contributed by atoms with Crippen molar-refractivity contribution in [3.8, 4) is 0 Å². The minimum atomic E-state index is 0.710. The molecule has 1 aliphatic heterocycles. The third kappa shape index (κ3) is 5.03. The molecule has 1 aliphatic rings. The van der Waals surface area contributed by atoms with Gasteiger partial charge in [0.15, 0.2) is 0 Å². The van der Waals surface area contributed by atoms with Crippen molar-refractivity contribution in [1.82, 2.24) is 15.3 Å². The lowest BCUT2D eigenvalue weighted by Gasteiger charge is -2.12. The van der Waals surface area contributed by atoms with Crippen LogP contribution in [0.2, 0.25) is 0 Å². The average molecular weight is 263 g/mol. The number of rotatable bonds is 7. The first-order valence-electron chi connectivity index (χ1n) is 7.24. The number of nitrogens with zero attached hydrogens (tertiary/aromatic N) is 2. The molecule has 3 N–H and O–H groups in total. The zero-order valence-corrected chi connectivity index (χ0v) is 11.9. The van der Waals surface area contributed by atoms with Gasteiger partial charge in [0.05, 0.1) is 0 Å². The van der Waals surface area contributed by atoms with Gasteiger partial charge in [-0.05, 0) is 37.8 Å². The Morgan fingerprint density at radius 3 is 2.79 bits per heavy atom. The minimum Gasteiger partial charge on any atom is -0.370 e. The Labute approximate surface area is 115 Å². The van der Waals surface area contributed by atoms with Gasteiger partial charge in [-0.2, -0.15) is 0 Å². The normalized spacial score (nSPS) is 18.8. The molecule has 5 nitrogen and oxygen atoms in total. The third-order valence-corrected chi connectivity index (χ3v) is 3.43. The first kappa shape index (κ1) is 14.1. The molecule has 2 rings (SSSR count). The predicted molar refractivity (Wildman–Crippen MR) is 79.4 cm³/mol. The van der Waals surface area contributed by atoms with E-state index in [0.29, 0.717) is 11.8 Å². The van der Waals surface area contributed by atoms with Crippen molar-refractivity contribution < 1.29 is 0 Å². The van der Waals surface area contributed by atoms with Crippen LogP contribution in [0.25, 0.3) is 0 Å². The summed E-state index contributed by atoms with van der Waals surface area (Å²) in [5.41, 5.74) is 0. The van der Waals surface area contributed by atoms with E-state index in [0.717, 1.165) is 44.2 Å². The summed E-state index contributed by atoms with van der Waals surface area (Å²) in [7, 11) is 0. The highest BCUT2D eigenvalue weighted by molar-refractivity contribution is 5.46. The van der Waals surface area contributed by atoms with Gasteiger partial charge in [0.2, 0.25) is 0 Å². The van der Waals surface area contributed by atoms with Crippen molar-refractivity contribution in [1.29, 1.82) is 0 Å². The molecule has 0 radical (unpaired) electrons. The Morgan fingerprint density at radius 1 is 1.32 bits per heavy atom. The van der Waals surface area contributed by atoms with Crippen LogP contribution in [0.5, 0.6) is 0 Å². The Morgan fingerprint density at radius 2 is 2.11 bits per heavy atom. The molecule has 19 heavy (non-hydrogen) atoms. The summed E-state index contributed by atoms with van der Waals surface area (Å²) >= 11 is 0. The van der Waals surface area contributed by atoms with Crippen LogP contribution >= 0.6 is 0 Å². The smallest absolute Gasteiger partial charge is 0.131 e. The fraction of sp³-hybridized carbons (Fsp3) is 0.714. The summed E-state index contributed by atoms with van der Waals surface area (Å²) in [6.45, 7) is 8.64. The molecule has 1 unspecified atom stereocenters. The van der Waals surface area contributed by atoms with E-state index in [1.165, 1.54) is 6.42 Å². The van der Waals surface area contributed by atoms with Gasteiger partial charge in [-0.1, -0.05) is 13.8 Å². The molecule has 2 heterocycles. The largest absolute Gasteiger partial charge is 0.370 e. The van der Waals surface area contributed by atoms with Crippen molar-refractivity contribution in [3.05, 3.63) is 12.4 Å². The summed E-state index contributed by atoms with van der Waals surface area (Å²) in [4.78, 5) is 8.50. The number of anilines is 2. The maximum absolute atomic E-state index is 4.26. The highest BCUT2D eigenvalue weighted by Gasteiger charge is 2.13. The summed E-state index contributed by atoms with van der Waals surface area (Å²) in [6.07, 6.45) is 4.02. The quantitative estimate of drug-likeness (QED) is 0.702. The summed E-state index contributed by atoms with van der Waals surface area (Å²) in [6, 6.07) is 1.99. The molecule has 106 valence electrons. The summed E-state index contributed by atoms with van der Waals surface area (Å²) < 4.78 is 0. The molecule has 1 aromatic heterocycles. The molecule has 1 fully saturated rings. The zero-order valence-electron chi connectivity index (χ0n) is 11.9. The highest BCUT2D eigenvalue weighted by atomic mass is 15.1. The number of hydrogen-bond donors (Lipinski definition) is 3. The van der Waals surface area contributed by atoms with E-state index in [1.807, 2.05) is 6.07 Å². The van der Waals surface area contributed by atoms with Crippen LogP contribution in [-0.2, 0) is 0 Å². The zero-order chi connectivity index (χ0) is 13.5. The SMILES string of the molecule is CC(C)CCNc1cc(NCC2CCNC2)ncn1. The fourth-order valence-electron chi connectivity index (χ4n) is 2.18. The maximum atomic E-state index is 4.26. The molecular weight excluding hydrogens is 238 g/mol. The Kier molecular flexibility index (Phi) is 5.39. The summed E-state index contributed by atoms with van der Waals surface area (Å²) in [5, 5.41) is 10.1. The number of hydrogen-bond acceptors (Lipinski definition) is 5. The van der Waals surface area contributed by atoms with Crippen LogP contribution in [0, 0.1) is 11.8 Å². The van der Waals surface area contributed by atoms with Gasteiger partial charge in [-0.3, -0.25) is 0 Å². The third-order valence-electron chi connectivity index (χ3n) is 3.43. The van der Waals surface area contributed by atoms with Gasteiger partial charge in [-0.25, -0.2) is 9.97 Å². The molecule has 5 heteroatoms. The standard InChI is InChI=1S/C14H25N5/c1-11(2)3-6-16-13-7-14(19-10-18-13)17-9-12-4-5-15-8-12/h7,10-12,15H,3-6,8-9H2,1-2H3,(H2,16,17,18,19). The molecule has 0 spiro atoms. The average Bonchev–Trinajstić information content (AvgIpc) is 2.89. The first-order valence-corrected chi connectivity index (χ1v) is 7.24. The lowest BCUT2D eigenvalue weighted by Crippen LogP contribution is -2.18. The van der Waals surface area contributed by atoms with E-state index in [2.05, 4.69) is 39.8 Å². The van der Waals surface area contributed by atoms with Gasteiger partial charge in [0.25, 0.3) is 0 Å². The Hall–Kier alpha value is -1.36. The molecule has 1 aromatic rings. The van der Waals surface area contributed by atoms with Gasteiger partial charge >= 0.3 is 0 Å². The molecule has 0 bridgehead atoms. The van der Waals surface area contributed by atoms with Crippen molar-refractivity contribution in [2.24, 2.45) is 11.8 Å². The first-order chi connectivity index (χ1) is 9.24. The van der Waals surface area contributed by atoms with Gasteiger partial charge < -0.3 is 16.0 Å². The molecule has 1 saturated heterocycles. The Bertz CT molecular complexity index is 374. The van der Waals surface area contributed by atoms with Crippen molar-refractivity contribution >= 4 is 11.6 Å². The Balaban J connectivity index is 1.77. The van der Waals surface area contributed by atoms with E-state index in [4.69, 9.17) is 0 Å². The van der Waals surface area contributed by atoms with Gasteiger partial charge in [0.1, 0.15) is 18.0 Å². The van der Waals surface area contributed by atoms with Crippen LogP contribution < -0.4 is 16.0 Å². The van der Waals surface area contributed by atoms with Crippen LogP contribution in [0.15, 0.2) is 12.4 Å². The van der Waals surface area contributed by atoms with Gasteiger partial charge in [0, 0.05) is 19.2 Å². The van der Waals surface area contributed by atoms with Crippen LogP contribution in [0.3, 0.4) is 0 Å². The topological polar surface area (TPSA) is 61.9 Å². The fourth-order valence-corrected chi connectivity index (χ4v) is 2.18. The molecule has 0 aliphatic carbocycles. The van der Waals surface area contributed by atoms with Crippen molar-refractivity contribution in [2.45, 2.75) is 26.7 Å². The van der Waals surface area contributed by atoms with Gasteiger partial charge in [-0.15, -0.1) is 0 Å². The van der Waals surface area contributed by atoms with Crippen LogP contribution in [0.4, 0.5) is 11.6 Å². The van der Waals surface area contributed by atoms with Crippen molar-refractivity contribution in [2.75, 3.05) is 36.8 Å². The molecular formula is C14H25N5. The molecule has 0 saturated carbocycles. The second-order valence-electron chi connectivity index (χ2n) is 5.64. The van der Waals surface area contributed by atoms with E-state index < -0.39 is 0 Å². The lowest BCUT2D eigenvalue weighted by molar-refractivity contribution is 0.606. The number of aromatic nitrogens is 2. The van der Waals surface area contributed by atoms with E-state index in [9.17, 15) is 0 Å². The lowest BCUT2D eigenvalue weighted by atomic mass is 10.1. The van der Waals surface area contributed by atoms with Crippen molar-refractivity contribution in [3.63, 3.8) is 0 Å². The predicted octanol–water partition coefficient (Wildman–Crippen LogP) is 1.96. The maximum Gasteiger partial charge on any atom is 0.131 e. The summed E-state index contributed by atoms with van der Waals surface area (Å²) in [5.74, 6) is 3.24. The van der Waals surface area contributed by atoms with E-state index >= 15 is 0 Å². The minimum absolute atomic E-state index is 0.710. The van der Waals surface area contributed by atoms with Crippen LogP contribution in [-0.4, -0.2) is 36.1 Å². The number of nitrogens with one attached hydrogen (secondary N) is 3. The van der Waals surface area contributed by atoms with E-state index in [1.54, 1.807) is 6.33 Å². The molecule has 1 atom stereocenters. The second-order valence-corrected chi connectivity index (χ2v) is 5.64. The molecule has 0 amide bonds. The molecule has 0 aromatic carbocycles.